The molecule has 0 spiro atoms. The Hall–Kier alpha value is -1.14. The SMILES string of the molecule is O=C1Nc2c(cc(Br)c(Cl)c2F)C1=NO. The van der Waals surface area contributed by atoms with Crippen LogP contribution in [0.4, 0.5) is 10.1 Å². The summed E-state index contributed by atoms with van der Waals surface area (Å²) in [6.45, 7) is 0. The van der Waals surface area contributed by atoms with Gasteiger partial charge < -0.3 is 10.5 Å². The lowest BCUT2D eigenvalue weighted by Gasteiger charge is -2.03. The summed E-state index contributed by atoms with van der Waals surface area (Å²) in [5.41, 5.74) is -0.126. The molecule has 0 aromatic heterocycles. The lowest BCUT2D eigenvalue weighted by atomic mass is 10.1. The second kappa shape index (κ2) is 3.46. The third kappa shape index (κ3) is 1.40. The number of nitrogens with zero attached hydrogens (tertiary/aromatic N) is 1. The van der Waals surface area contributed by atoms with Gasteiger partial charge in [-0.1, -0.05) is 16.8 Å². The first-order chi connectivity index (χ1) is 7.06. The lowest BCUT2D eigenvalue weighted by molar-refractivity contribution is -0.110. The molecule has 1 aromatic rings. The highest BCUT2D eigenvalue weighted by Crippen LogP contribution is 2.36. The molecule has 0 aliphatic carbocycles. The summed E-state index contributed by atoms with van der Waals surface area (Å²) < 4.78 is 13.8. The Kier molecular flexibility index (Phi) is 2.40. The molecule has 1 aromatic carbocycles. The molecule has 7 heteroatoms. The number of amides is 1. The predicted molar refractivity (Wildman–Crippen MR) is 56.1 cm³/mol. The number of rotatable bonds is 0. The normalized spacial score (nSPS) is 16.7. The molecule has 78 valence electrons. The molecule has 1 aliphatic rings. The summed E-state index contributed by atoms with van der Waals surface area (Å²) in [4.78, 5) is 11.2. The average molecular weight is 293 g/mol. The Bertz CT molecular complexity index is 504. The minimum absolute atomic E-state index is 0.0685. The van der Waals surface area contributed by atoms with Gasteiger partial charge in [-0.2, -0.15) is 0 Å². The Labute approximate surface area is 96.8 Å². The van der Waals surface area contributed by atoms with Crippen molar-refractivity contribution < 1.29 is 14.4 Å². The van der Waals surface area contributed by atoms with E-state index in [1.165, 1.54) is 6.07 Å². The van der Waals surface area contributed by atoms with Crippen molar-refractivity contribution in [1.29, 1.82) is 0 Å². The van der Waals surface area contributed by atoms with Crippen LogP contribution in [0, 0.1) is 5.82 Å². The zero-order valence-corrected chi connectivity index (χ0v) is 9.36. The molecule has 0 bridgehead atoms. The second-order valence-electron chi connectivity index (χ2n) is 2.81. The standard InChI is InChI=1S/C8H3BrClFN2O2/c9-3-1-2-6(5(11)4(3)10)12-8(14)7(2)13-15/h1,15H,(H,12,13,14). The van der Waals surface area contributed by atoms with Crippen molar-refractivity contribution in [3.05, 3.63) is 26.9 Å². The number of benzene rings is 1. The fraction of sp³-hybridized carbons (Fsp3) is 0. The van der Waals surface area contributed by atoms with E-state index >= 15 is 0 Å². The Morgan fingerprint density at radius 2 is 2.27 bits per heavy atom. The molecule has 1 heterocycles. The quantitative estimate of drug-likeness (QED) is 0.438. The number of anilines is 1. The van der Waals surface area contributed by atoms with Gasteiger partial charge in [-0.3, -0.25) is 4.79 Å². The molecule has 0 saturated carbocycles. The summed E-state index contributed by atoms with van der Waals surface area (Å²) >= 11 is 8.65. The van der Waals surface area contributed by atoms with E-state index in [0.717, 1.165) is 0 Å². The van der Waals surface area contributed by atoms with Gasteiger partial charge in [-0.15, -0.1) is 0 Å². The van der Waals surface area contributed by atoms with Crippen molar-refractivity contribution in [2.24, 2.45) is 5.16 Å². The van der Waals surface area contributed by atoms with E-state index < -0.39 is 11.7 Å². The van der Waals surface area contributed by atoms with Crippen molar-refractivity contribution in [3.8, 4) is 0 Å². The fourth-order valence-corrected chi connectivity index (χ4v) is 1.85. The molecule has 1 amide bonds. The first kappa shape index (κ1) is 10.4. The zero-order valence-electron chi connectivity index (χ0n) is 7.01. The van der Waals surface area contributed by atoms with Gasteiger partial charge in [0.05, 0.1) is 10.7 Å². The van der Waals surface area contributed by atoms with Gasteiger partial charge >= 0.3 is 0 Å². The predicted octanol–water partition coefficient (Wildman–Crippen LogP) is 2.37. The summed E-state index contributed by atoms with van der Waals surface area (Å²) in [7, 11) is 0. The molecule has 15 heavy (non-hydrogen) atoms. The first-order valence-corrected chi connectivity index (χ1v) is 4.94. The van der Waals surface area contributed by atoms with Crippen molar-refractivity contribution in [3.63, 3.8) is 0 Å². The summed E-state index contributed by atoms with van der Waals surface area (Å²) in [6, 6.07) is 1.41. The third-order valence-electron chi connectivity index (χ3n) is 1.97. The van der Waals surface area contributed by atoms with E-state index in [1.807, 2.05) is 0 Å². The van der Waals surface area contributed by atoms with Gasteiger partial charge in [-0.05, 0) is 22.0 Å². The summed E-state index contributed by atoms with van der Waals surface area (Å²) in [5.74, 6) is -1.42. The highest BCUT2D eigenvalue weighted by atomic mass is 79.9. The van der Waals surface area contributed by atoms with Crippen LogP contribution in [0.1, 0.15) is 5.56 Å². The van der Waals surface area contributed by atoms with Crippen LogP contribution in [0.5, 0.6) is 0 Å². The highest BCUT2D eigenvalue weighted by Gasteiger charge is 2.31. The summed E-state index contributed by atoms with van der Waals surface area (Å²) in [6.07, 6.45) is 0. The van der Waals surface area contributed by atoms with Gasteiger partial charge in [0.2, 0.25) is 0 Å². The maximum atomic E-state index is 13.5. The molecule has 2 N–H and O–H groups in total. The number of hydrogen-bond donors (Lipinski definition) is 2. The van der Waals surface area contributed by atoms with E-state index in [9.17, 15) is 9.18 Å². The number of nitrogens with one attached hydrogen (secondary N) is 1. The molecule has 4 nitrogen and oxygen atoms in total. The Morgan fingerprint density at radius 1 is 1.60 bits per heavy atom. The minimum atomic E-state index is -0.756. The molecule has 0 unspecified atom stereocenters. The number of carbonyl (C=O) groups is 1. The van der Waals surface area contributed by atoms with Crippen LogP contribution < -0.4 is 5.32 Å². The largest absolute Gasteiger partial charge is 0.410 e. The van der Waals surface area contributed by atoms with Gasteiger partial charge in [0.15, 0.2) is 11.5 Å². The molecular weight excluding hydrogens is 290 g/mol. The molecule has 0 saturated heterocycles. The maximum Gasteiger partial charge on any atom is 0.278 e. The average Bonchev–Trinajstić information content (AvgIpc) is 2.51. The van der Waals surface area contributed by atoms with Crippen LogP contribution in [0.3, 0.4) is 0 Å². The van der Waals surface area contributed by atoms with Crippen molar-refractivity contribution in [2.45, 2.75) is 0 Å². The van der Waals surface area contributed by atoms with Crippen LogP contribution in [-0.2, 0) is 4.79 Å². The monoisotopic (exact) mass is 292 g/mol. The van der Waals surface area contributed by atoms with E-state index in [4.69, 9.17) is 16.8 Å². The van der Waals surface area contributed by atoms with Gasteiger partial charge in [0, 0.05) is 10.0 Å². The van der Waals surface area contributed by atoms with E-state index in [-0.39, 0.29) is 26.5 Å². The molecule has 2 rings (SSSR count). The first-order valence-electron chi connectivity index (χ1n) is 3.77. The Morgan fingerprint density at radius 3 is 2.87 bits per heavy atom. The van der Waals surface area contributed by atoms with E-state index in [1.54, 1.807) is 0 Å². The highest BCUT2D eigenvalue weighted by molar-refractivity contribution is 9.10. The number of oxime groups is 1. The topological polar surface area (TPSA) is 61.7 Å². The summed E-state index contributed by atoms with van der Waals surface area (Å²) in [5, 5.41) is 13.5. The lowest BCUT2D eigenvalue weighted by Crippen LogP contribution is -2.14. The van der Waals surface area contributed by atoms with Crippen LogP contribution in [-0.4, -0.2) is 16.8 Å². The fourth-order valence-electron chi connectivity index (χ4n) is 1.30. The van der Waals surface area contributed by atoms with Crippen molar-refractivity contribution >= 4 is 44.8 Å². The van der Waals surface area contributed by atoms with Gasteiger partial charge in [0.1, 0.15) is 0 Å². The second-order valence-corrected chi connectivity index (χ2v) is 4.04. The number of halogens is 3. The van der Waals surface area contributed by atoms with Crippen LogP contribution in [0.2, 0.25) is 5.02 Å². The number of hydrogen-bond acceptors (Lipinski definition) is 3. The van der Waals surface area contributed by atoms with E-state index in [2.05, 4.69) is 26.4 Å². The van der Waals surface area contributed by atoms with Crippen LogP contribution in [0.25, 0.3) is 0 Å². The molecule has 0 atom stereocenters. The molecule has 0 radical (unpaired) electrons. The maximum absolute atomic E-state index is 13.5. The third-order valence-corrected chi connectivity index (χ3v) is 3.19. The zero-order chi connectivity index (χ0) is 11.2. The van der Waals surface area contributed by atoms with Crippen molar-refractivity contribution in [1.82, 2.24) is 0 Å². The molecule has 1 aliphatic heterocycles. The van der Waals surface area contributed by atoms with Gasteiger partial charge in [0.25, 0.3) is 5.91 Å². The van der Waals surface area contributed by atoms with Crippen LogP contribution in [0.15, 0.2) is 15.7 Å². The van der Waals surface area contributed by atoms with Crippen molar-refractivity contribution in [2.75, 3.05) is 5.32 Å². The smallest absolute Gasteiger partial charge is 0.278 e. The molecule has 0 fully saturated rings. The molecular formula is C8H3BrClFN2O2. The Balaban J connectivity index is 2.76. The van der Waals surface area contributed by atoms with E-state index in [0.29, 0.717) is 0 Å². The number of fused-ring (bicyclic) bond motifs is 1. The van der Waals surface area contributed by atoms with Crippen LogP contribution >= 0.6 is 27.5 Å². The van der Waals surface area contributed by atoms with Gasteiger partial charge in [-0.25, -0.2) is 4.39 Å². The number of carbonyl (C=O) groups excluding carboxylic acids is 1. The minimum Gasteiger partial charge on any atom is -0.410 e.